The number of fused-ring (bicyclic) bond motifs is 1. The number of allylic oxidation sites excluding steroid dienone is 1. The molecule has 0 spiro atoms. The zero-order valence-electron chi connectivity index (χ0n) is 13.7. The predicted octanol–water partition coefficient (Wildman–Crippen LogP) is 1.02. The van der Waals surface area contributed by atoms with Gasteiger partial charge in [0.2, 0.25) is 0 Å². The topological polar surface area (TPSA) is 132 Å². The molecule has 0 aromatic carbocycles. The van der Waals surface area contributed by atoms with Crippen molar-refractivity contribution in [2.24, 2.45) is 16.6 Å². The van der Waals surface area contributed by atoms with Crippen LogP contribution in [0.1, 0.15) is 11.3 Å². The first-order valence-electron chi connectivity index (χ1n) is 7.58. The molecule has 3 rings (SSSR count). The van der Waals surface area contributed by atoms with Gasteiger partial charge in [0.15, 0.2) is 11.6 Å². The zero-order valence-corrected chi connectivity index (χ0v) is 13.7. The fraction of sp³-hybridized carbons (Fsp3) is 0.125. The summed E-state index contributed by atoms with van der Waals surface area (Å²) in [6.45, 7) is 0.546. The number of hydrogen-bond donors (Lipinski definition) is 4. The van der Waals surface area contributed by atoms with E-state index >= 15 is 0 Å². The van der Waals surface area contributed by atoms with Gasteiger partial charge in [-0.1, -0.05) is 6.07 Å². The van der Waals surface area contributed by atoms with Gasteiger partial charge in [0.25, 0.3) is 0 Å². The van der Waals surface area contributed by atoms with E-state index < -0.39 is 0 Å². The summed E-state index contributed by atoms with van der Waals surface area (Å²) in [7, 11) is 1.66. The van der Waals surface area contributed by atoms with Crippen LogP contribution in [0.3, 0.4) is 0 Å². The molecule has 0 aliphatic heterocycles. The highest BCUT2D eigenvalue weighted by Crippen LogP contribution is 2.19. The van der Waals surface area contributed by atoms with Crippen LogP contribution in [0.4, 0.5) is 11.6 Å². The Morgan fingerprint density at radius 3 is 2.96 bits per heavy atom. The van der Waals surface area contributed by atoms with Crippen molar-refractivity contribution in [3.63, 3.8) is 0 Å². The molecule has 0 saturated carbocycles. The summed E-state index contributed by atoms with van der Waals surface area (Å²) in [6, 6.07) is 3.95. The van der Waals surface area contributed by atoms with Gasteiger partial charge in [-0.25, -0.2) is 20.8 Å². The molecule has 25 heavy (non-hydrogen) atoms. The highest BCUT2D eigenvalue weighted by atomic mass is 15.3. The number of hydrogen-bond acceptors (Lipinski definition) is 8. The lowest BCUT2D eigenvalue weighted by Gasteiger charge is -2.12. The molecule has 0 atom stereocenters. The lowest BCUT2D eigenvalue weighted by Crippen LogP contribution is -2.14. The van der Waals surface area contributed by atoms with E-state index in [0.717, 1.165) is 11.2 Å². The first kappa shape index (κ1) is 16.4. The number of nitrogen functional groups attached to an aromatic ring is 1. The normalized spacial score (nSPS) is 12.0. The molecule has 0 unspecified atom stereocenters. The van der Waals surface area contributed by atoms with Gasteiger partial charge in [-0.2, -0.15) is 0 Å². The molecular weight excluding hydrogens is 318 g/mol. The minimum Gasteiger partial charge on any atom is -0.404 e. The molecular formula is C16H19N9. The largest absolute Gasteiger partial charge is 0.404 e. The maximum atomic E-state index is 5.63. The van der Waals surface area contributed by atoms with E-state index in [0.29, 0.717) is 29.4 Å². The van der Waals surface area contributed by atoms with Crippen molar-refractivity contribution >= 4 is 29.1 Å². The van der Waals surface area contributed by atoms with Gasteiger partial charge in [-0.3, -0.25) is 4.99 Å². The third-order valence-electron chi connectivity index (χ3n) is 3.56. The summed E-state index contributed by atoms with van der Waals surface area (Å²) in [4.78, 5) is 17.0. The van der Waals surface area contributed by atoms with Crippen molar-refractivity contribution in [2.45, 2.75) is 6.54 Å². The average molecular weight is 337 g/mol. The molecule has 0 amide bonds. The number of nitrogens with two attached hydrogens (primary N) is 2. The first-order valence-corrected chi connectivity index (χ1v) is 7.58. The van der Waals surface area contributed by atoms with Crippen LogP contribution in [-0.4, -0.2) is 32.6 Å². The van der Waals surface area contributed by atoms with Gasteiger partial charge < -0.3 is 20.9 Å². The Morgan fingerprint density at radius 1 is 1.32 bits per heavy atom. The number of rotatable bonds is 6. The second-order valence-corrected chi connectivity index (χ2v) is 5.19. The average Bonchev–Trinajstić information content (AvgIpc) is 3.12. The standard InChI is InChI=1S/C16H19N9/c1-19-8-12(6-17)13-9-22-16(24-18)15(23-13)21-7-11-2-3-14-20-4-5-25(14)10-11/h2-6,8-10H,7,17-18H2,1H3,(H,21,23)(H,22,24). The molecule has 6 N–H and O–H groups in total. The van der Waals surface area contributed by atoms with Crippen LogP contribution in [0, 0.1) is 0 Å². The van der Waals surface area contributed by atoms with Gasteiger partial charge in [0.1, 0.15) is 5.65 Å². The fourth-order valence-electron chi connectivity index (χ4n) is 2.35. The maximum Gasteiger partial charge on any atom is 0.183 e. The molecule has 0 saturated heterocycles. The summed E-state index contributed by atoms with van der Waals surface area (Å²) < 4.78 is 1.95. The number of hydrazine groups is 1. The number of nitrogens with zero attached hydrogens (tertiary/aromatic N) is 5. The maximum absolute atomic E-state index is 5.63. The number of nitrogens with one attached hydrogen (secondary N) is 2. The van der Waals surface area contributed by atoms with Crippen molar-refractivity contribution in [2.75, 3.05) is 17.8 Å². The van der Waals surface area contributed by atoms with E-state index in [1.807, 2.05) is 28.9 Å². The fourth-order valence-corrected chi connectivity index (χ4v) is 2.35. The second-order valence-electron chi connectivity index (χ2n) is 5.19. The van der Waals surface area contributed by atoms with Crippen molar-refractivity contribution < 1.29 is 0 Å². The molecule has 3 aromatic rings. The lowest BCUT2D eigenvalue weighted by atomic mass is 10.2. The third-order valence-corrected chi connectivity index (χ3v) is 3.56. The quantitative estimate of drug-likeness (QED) is 0.300. The van der Waals surface area contributed by atoms with Crippen LogP contribution < -0.4 is 22.3 Å². The van der Waals surface area contributed by atoms with Crippen LogP contribution in [0.5, 0.6) is 0 Å². The van der Waals surface area contributed by atoms with Gasteiger partial charge in [0.05, 0.1) is 11.9 Å². The summed E-state index contributed by atoms with van der Waals surface area (Å²) in [5.41, 5.74) is 11.4. The Labute approximate surface area is 144 Å². The summed E-state index contributed by atoms with van der Waals surface area (Å²) in [6.07, 6.45) is 10.3. The van der Waals surface area contributed by atoms with Gasteiger partial charge in [0, 0.05) is 50.2 Å². The van der Waals surface area contributed by atoms with Crippen molar-refractivity contribution in [1.29, 1.82) is 0 Å². The number of pyridine rings is 1. The molecule has 3 aromatic heterocycles. The zero-order chi connectivity index (χ0) is 17.6. The molecule has 0 aliphatic carbocycles. The number of anilines is 2. The Kier molecular flexibility index (Phi) is 4.86. The van der Waals surface area contributed by atoms with Crippen LogP contribution in [0.2, 0.25) is 0 Å². The highest BCUT2D eigenvalue weighted by molar-refractivity contribution is 6.08. The summed E-state index contributed by atoms with van der Waals surface area (Å²) in [5, 5.41) is 3.24. The minimum absolute atomic E-state index is 0.442. The van der Waals surface area contributed by atoms with E-state index in [1.54, 1.807) is 25.7 Å². The van der Waals surface area contributed by atoms with Crippen LogP contribution in [-0.2, 0) is 6.54 Å². The van der Waals surface area contributed by atoms with E-state index in [1.165, 1.54) is 6.20 Å². The second kappa shape index (κ2) is 7.41. The van der Waals surface area contributed by atoms with Crippen molar-refractivity contribution in [1.82, 2.24) is 19.4 Å². The highest BCUT2D eigenvalue weighted by Gasteiger charge is 2.09. The van der Waals surface area contributed by atoms with Crippen LogP contribution in [0.15, 0.2) is 48.1 Å². The molecule has 9 nitrogen and oxygen atoms in total. The van der Waals surface area contributed by atoms with E-state index in [9.17, 15) is 0 Å². The molecule has 9 heteroatoms. The Bertz CT molecular complexity index is 926. The molecule has 0 aliphatic rings. The van der Waals surface area contributed by atoms with Gasteiger partial charge in [-0.05, 0) is 11.6 Å². The van der Waals surface area contributed by atoms with E-state index in [2.05, 4.69) is 30.7 Å². The molecule has 0 bridgehead atoms. The molecule has 0 radical (unpaired) electrons. The summed E-state index contributed by atoms with van der Waals surface area (Å²) in [5.74, 6) is 6.49. The molecule has 3 heterocycles. The monoisotopic (exact) mass is 337 g/mol. The lowest BCUT2D eigenvalue weighted by molar-refractivity contribution is 1.04. The van der Waals surface area contributed by atoms with Crippen molar-refractivity contribution in [3.05, 3.63) is 54.4 Å². The van der Waals surface area contributed by atoms with E-state index in [4.69, 9.17) is 11.6 Å². The van der Waals surface area contributed by atoms with Crippen molar-refractivity contribution in [3.8, 4) is 0 Å². The molecule has 0 fully saturated rings. The number of aromatic nitrogens is 4. The summed E-state index contributed by atoms with van der Waals surface area (Å²) >= 11 is 0. The third kappa shape index (κ3) is 3.56. The minimum atomic E-state index is 0.442. The van der Waals surface area contributed by atoms with Crippen LogP contribution in [0.25, 0.3) is 11.2 Å². The number of aliphatic imine (C=N–C) groups is 1. The first-order chi connectivity index (χ1) is 12.2. The van der Waals surface area contributed by atoms with E-state index in [-0.39, 0.29) is 0 Å². The predicted molar refractivity (Wildman–Crippen MR) is 98.9 cm³/mol. The van der Waals surface area contributed by atoms with Gasteiger partial charge >= 0.3 is 0 Å². The smallest absolute Gasteiger partial charge is 0.183 e. The molecule has 128 valence electrons. The SMILES string of the molecule is CN=CC(=CN)c1cnc(NN)c(NCc2ccc3nccn3c2)n1. The van der Waals surface area contributed by atoms with Gasteiger partial charge in [-0.15, -0.1) is 0 Å². The Hall–Kier alpha value is -3.46. The number of imidazole rings is 1. The Morgan fingerprint density at radius 2 is 2.20 bits per heavy atom. The Balaban J connectivity index is 1.84. The van der Waals surface area contributed by atoms with Crippen LogP contribution >= 0.6 is 0 Å².